The van der Waals surface area contributed by atoms with Crippen LogP contribution in [-0.4, -0.2) is 32.8 Å². The number of nitrogens with zero attached hydrogens (tertiary/aromatic N) is 6. The van der Waals surface area contributed by atoms with Gasteiger partial charge in [0.2, 0.25) is 6.19 Å². The van der Waals surface area contributed by atoms with Gasteiger partial charge in [0.15, 0.2) is 10.7 Å². The molecule has 0 atom stereocenters. The zero-order valence-electron chi connectivity index (χ0n) is 20.6. The molecule has 10 nitrogen and oxygen atoms in total. The lowest BCUT2D eigenvalue weighted by Gasteiger charge is -2.08. The van der Waals surface area contributed by atoms with Crippen molar-refractivity contribution in [3.8, 4) is 27.3 Å². The van der Waals surface area contributed by atoms with Gasteiger partial charge < -0.3 is 0 Å². The number of hydrogen-bond donors (Lipinski definition) is 1. The van der Waals surface area contributed by atoms with Crippen LogP contribution >= 0.6 is 11.3 Å². The van der Waals surface area contributed by atoms with Crippen molar-refractivity contribution in [2.24, 2.45) is 0 Å². The Labute approximate surface area is 222 Å². The van der Waals surface area contributed by atoms with Gasteiger partial charge in [0, 0.05) is 5.56 Å². The summed E-state index contributed by atoms with van der Waals surface area (Å²) in [6.07, 6.45) is 5.96. The van der Waals surface area contributed by atoms with E-state index in [1.807, 2.05) is 69.4 Å². The first-order chi connectivity index (χ1) is 18.2. The molecule has 0 saturated heterocycles. The fourth-order valence-electron chi connectivity index (χ4n) is 4.21. The maximum absolute atomic E-state index is 13.1. The normalized spacial score (nSPS) is 11.7. The third kappa shape index (κ3) is 4.72. The number of benzene rings is 2. The van der Waals surface area contributed by atoms with E-state index in [9.17, 15) is 18.5 Å². The number of aryl methyl sites for hydroxylation is 3. The van der Waals surface area contributed by atoms with E-state index < -0.39 is 15.6 Å². The third-order valence-corrected chi connectivity index (χ3v) is 7.82. The molecule has 0 bridgehead atoms. The van der Waals surface area contributed by atoms with Crippen LogP contribution < -0.4 is 10.3 Å². The fourth-order valence-corrected chi connectivity index (χ4v) is 5.91. The maximum Gasteiger partial charge on any atom is 0.293 e. The molecule has 190 valence electrons. The van der Waals surface area contributed by atoms with Crippen molar-refractivity contribution in [2.75, 3.05) is 4.72 Å². The van der Waals surface area contributed by atoms with Gasteiger partial charge in [-0.05, 0) is 43.5 Å². The fraction of sp³-hybridized carbons (Fsp3) is 0.115. The van der Waals surface area contributed by atoms with Gasteiger partial charge in [-0.25, -0.2) is 17.9 Å². The maximum atomic E-state index is 13.1. The molecule has 0 spiro atoms. The van der Waals surface area contributed by atoms with Gasteiger partial charge in [0.25, 0.3) is 15.6 Å². The second-order valence-electron chi connectivity index (χ2n) is 8.64. The van der Waals surface area contributed by atoms with Crippen molar-refractivity contribution < 1.29 is 8.42 Å². The molecule has 0 unspecified atom stereocenters. The zero-order chi connectivity index (χ0) is 27.0. The monoisotopic (exact) mass is 543 g/mol. The first-order valence-corrected chi connectivity index (χ1v) is 13.7. The molecule has 38 heavy (non-hydrogen) atoms. The highest BCUT2D eigenvalue weighted by molar-refractivity contribution is 7.95. The molecule has 0 fully saturated rings. The van der Waals surface area contributed by atoms with Crippen LogP contribution in [-0.2, 0) is 10.0 Å². The van der Waals surface area contributed by atoms with Crippen LogP contribution in [0.2, 0.25) is 0 Å². The third-order valence-electron chi connectivity index (χ3n) is 5.82. The van der Waals surface area contributed by atoms with Gasteiger partial charge in [-0.3, -0.25) is 9.52 Å². The second kappa shape index (κ2) is 9.70. The SMILES string of the molecule is Cc1cc(C)c(C=CS(=O)(=O)Nc2cnc3c(-c4nnc(-c5ccccc5)s4)c(=O)n(C#N)n3c2)c(C)c1. The number of sulfonamides is 1. The second-order valence-corrected chi connectivity index (χ2v) is 11.2. The molecule has 1 N–H and O–H groups in total. The first-order valence-electron chi connectivity index (χ1n) is 11.4. The Morgan fingerprint density at radius 2 is 1.74 bits per heavy atom. The van der Waals surface area contributed by atoms with Crippen molar-refractivity contribution >= 4 is 38.8 Å². The summed E-state index contributed by atoms with van der Waals surface area (Å²) in [6.45, 7) is 5.82. The number of anilines is 1. The van der Waals surface area contributed by atoms with Crippen LogP contribution in [0.25, 0.3) is 32.9 Å². The molecule has 3 aromatic heterocycles. The summed E-state index contributed by atoms with van der Waals surface area (Å²) in [5.74, 6) is 0. The summed E-state index contributed by atoms with van der Waals surface area (Å²) >= 11 is 1.19. The molecule has 0 aliphatic carbocycles. The van der Waals surface area contributed by atoms with Gasteiger partial charge in [-0.2, -0.15) is 5.26 Å². The minimum Gasteiger partial charge on any atom is -0.277 e. The van der Waals surface area contributed by atoms with Crippen LogP contribution in [0, 0.1) is 32.2 Å². The molecule has 0 amide bonds. The molecule has 5 aromatic rings. The predicted octanol–water partition coefficient (Wildman–Crippen LogP) is 4.35. The van der Waals surface area contributed by atoms with E-state index in [1.54, 1.807) is 0 Å². The molecule has 12 heteroatoms. The van der Waals surface area contributed by atoms with Crippen molar-refractivity contribution in [1.29, 1.82) is 5.26 Å². The van der Waals surface area contributed by atoms with Crippen LogP contribution in [0.3, 0.4) is 0 Å². The Bertz CT molecular complexity index is 1910. The molecule has 0 aliphatic rings. The molecular formula is C26H21N7O3S2. The van der Waals surface area contributed by atoms with Crippen LogP contribution in [0.1, 0.15) is 22.3 Å². The summed E-state index contributed by atoms with van der Waals surface area (Å²) in [5.41, 5.74) is 4.36. The Morgan fingerprint density at radius 3 is 2.42 bits per heavy atom. The Kier molecular flexibility index (Phi) is 6.40. The summed E-state index contributed by atoms with van der Waals surface area (Å²) in [7, 11) is -3.92. The lowest BCUT2D eigenvalue weighted by Crippen LogP contribution is -2.16. The van der Waals surface area contributed by atoms with E-state index in [2.05, 4.69) is 19.9 Å². The summed E-state index contributed by atoms with van der Waals surface area (Å²) in [4.78, 5) is 17.4. The van der Waals surface area contributed by atoms with Gasteiger partial charge >= 0.3 is 0 Å². The average Bonchev–Trinajstić information content (AvgIpc) is 3.45. The van der Waals surface area contributed by atoms with Crippen molar-refractivity contribution in [3.63, 3.8) is 0 Å². The largest absolute Gasteiger partial charge is 0.293 e. The number of aromatic nitrogens is 5. The van der Waals surface area contributed by atoms with Crippen LogP contribution in [0.15, 0.2) is 65.1 Å². The Balaban J connectivity index is 1.50. The van der Waals surface area contributed by atoms with E-state index in [0.29, 0.717) is 10.0 Å². The Hall–Kier alpha value is -4.60. The van der Waals surface area contributed by atoms with Gasteiger partial charge in [0.05, 0.1) is 23.5 Å². The van der Waals surface area contributed by atoms with Gasteiger partial charge in [-0.1, -0.05) is 59.4 Å². The number of rotatable bonds is 6. The zero-order valence-corrected chi connectivity index (χ0v) is 22.2. The van der Waals surface area contributed by atoms with E-state index in [4.69, 9.17) is 0 Å². The van der Waals surface area contributed by atoms with Gasteiger partial charge in [-0.15, -0.1) is 14.9 Å². The number of fused-ring (bicyclic) bond motifs is 1. The number of nitrogens with one attached hydrogen (secondary N) is 1. The lowest BCUT2D eigenvalue weighted by molar-refractivity contribution is 0.609. The molecule has 3 heterocycles. The highest BCUT2D eigenvalue weighted by Gasteiger charge is 2.22. The van der Waals surface area contributed by atoms with Crippen LogP contribution in [0.5, 0.6) is 0 Å². The minimum absolute atomic E-state index is 0.0762. The summed E-state index contributed by atoms with van der Waals surface area (Å²) in [6, 6.07) is 13.3. The molecule has 5 rings (SSSR count). The van der Waals surface area contributed by atoms with Crippen molar-refractivity contribution in [2.45, 2.75) is 20.8 Å². The lowest BCUT2D eigenvalue weighted by atomic mass is 10.0. The predicted molar refractivity (Wildman–Crippen MR) is 147 cm³/mol. The molecule has 0 saturated carbocycles. The molecule has 0 aliphatic heterocycles. The first kappa shape index (κ1) is 25.1. The number of nitriles is 1. The topological polar surface area (TPSA) is 135 Å². The Morgan fingerprint density at radius 1 is 1.05 bits per heavy atom. The van der Waals surface area contributed by atoms with Crippen molar-refractivity contribution in [1.82, 2.24) is 24.4 Å². The van der Waals surface area contributed by atoms with Gasteiger partial charge in [0.1, 0.15) is 10.6 Å². The van der Waals surface area contributed by atoms with E-state index in [0.717, 1.165) is 37.9 Å². The quantitative estimate of drug-likeness (QED) is 0.336. The standard InChI is InChI=1S/C26H21N7O3S2/c1-16-11-17(2)21(18(3)12-16)9-10-38(35,36)31-20-13-28-23-22(26(34)33(15-27)32(23)14-20)25-30-29-24(37-25)19-7-5-4-6-8-19/h4-14,31H,1-3H3. The molecule has 2 aromatic carbocycles. The van der Waals surface area contributed by atoms with E-state index in [1.165, 1.54) is 34.3 Å². The van der Waals surface area contributed by atoms with E-state index >= 15 is 0 Å². The minimum atomic E-state index is -3.92. The average molecular weight is 544 g/mol. The van der Waals surface area contributed by atoms with Crippen LogP contribution in [0.4, 0.5) is 5.69 Å². The molecular weight excluding hydrogens is 522 g/mol. The summed E-state index contributed by atoms with van der Waals surface area (Å²) in [5, 5.41) is 20.0. The highest BCUT2D eigenvalue weighted by atomic mass is 32.2. The van der Waals surface area contributed by atoms with Crippen molar-refractivity contribution in [3.05, 3.63) is 92.9 Å². The number of hydrogen-bond acceptors (Lipinski definition) is 8. The highest BCUT2D eigenvalue weighted by Crippen LogP contribution is 2.30. The smallest absolute Gasteiger partial charge is 0.277 e. The molecule has 0 radical (unpaired) electrons. The summed E-state index contributed by atoms with van der Waals surface area (Å²) < 4.78 is 30.0. The van der Waals surface area contributed by atoms with E-state index in [-0.39, 0.29) is 16.9 Å².